The molecule has 1 atom stereocenters. The molecule has 3 heterocycles. The number of rotatable bonds is 7. The van der Waals surface area contributed by atoms with Gasteiger partial charge in [-0.15, -0.1) is 0 Å². The van der Waals surface area contributed by atoms with E-state index in [4.69, 9.17) is 4.42 Å². The first-order valence-corrected chi connectivity index (χ1v) is 13.1. The molecule has 1 amide bonds. The summed E-state index contributed by atoms with van der Waals surface area (Å²) in [6, 6.07) is 4.78. The van der Waals surface area contributed by atoms with Gasteiger partial charge < -0.3 is 20.0 Å². The molecule has 2 aliphatic rings. The molecule has 1 aliphatic heterocycles. The number of alkyl halides is 3. The molecule has 1 aliphatic carbocycles. The van der Waals surface area contributed by atoms with Gasteiger partial charge in [-0.1, -0.05) is 18.9 Å². The topological polar surface area (TPSA) is 99.4 Å². The summed E-state index contributed by atoms with van der Waals surface area (Å²) >= 11 is 0. The van der Waals surface area contributed by atoms with Crippen molar-refractivity contribution in [2.24, 2.45) is 0 Å². The second-order valence-corrected chi connectivity index (χ2v) is 10.2. The van der Waals surface area contributed by atoms with Crippen LogP contribution in [0.4, 0.5) is 24.5 Å². The molecule has 2 fully saturated rings. The van der Waals surface area contributed by atoms with Crippen LogP contribution in [0.15, 0.2) is 41.3 Å². The van der Waals surface area contributed by atoms with Crippen LogP contribution in [0, 0.1) is 0 Å². The van der Waals surface area contributed by atoms with Crippen LogP contribution >= 0.6 is 0 Å². The summed E-state index contributed by atoms with van der Waals surface area (Å²) in [5, 5.41) is 13.3. The number of carbonyl (C=O) groups is 1. The molecule has 5 rings (SSSR count). The van der Waals surface area contributed by atoms with Crippen LogP contribution in [-0.4, -0.2) is 72.3 Å². The zero-order chi connectivity index (χ0) is 27.6. The van der Waals surface area contributed by atoms with Crippen LogP contribution in [0.25, 0.3) is 11.5 Å². The van der Waals surface area contributed by atoms with Crippen molar-refractivity contribution in [3.63, 3.8) is 0 Å². The highest BCUT2D eigenvalue weighted by Gasteiger charge is 2.42. The predicted molar refractivity (Wildman–Crippen MR) is 141 cm³/mol. The average Bonchev–Trinajstić information content (AvgIpc) is 3.63. The third-order valence-corrected chi connectivity index (χ3v) is 7.64. The molecule has 1 aromatic carbocycles. The Morgan fingerprint density at radius 3 is 2.64 bits per heavy atom. The van der Waals surface area contributed by atoms with E-state index in [9.17, 15) is 18.0 Å². The Balaban J connectivity index is 1.54. The van der Waals surface area contributed by atoms with E-state index in [0.717, 1.165) is 25.7 Å². The lowest BCUT2D eigenvalue weighted by Crippen LogP contribution is -2.55. The van der Waals surface area contributed by atoms with Gasteiger partial charge in [0.25, 0.3) is 5.91 Å². The molecular formula is C27H32F3N7O2. The van der Waals surface area contributed by atoms with Crippen molar-refractivity contribution >= 4 is 17.3 Å². The first kappa shape index (κ1) is 27.1. The fourth-order valence-corrected chi connectivity index (χ4v) is 5.63. The zero-order valence-electron chi connectivity index (χ0n) is 22.0. The largest absolute Gasteiger partial charge is 0.444 e. The van der Waals surface area contributed by atoms with Crippen LogP contribution < -0.4 is 15.5 Å². The standard InChI is InChI=1S/C27H32F3N7O2/c1-31-14-19-15-37(12-11-36(19)2)24-21(8-7-20(17-5-3-4-6-17)23(24)27(28,29)30)34-25(38)22-16-39-26(35-22)18-9-10-32-33-13-18/h7-10,13,16-17,19,31H,3-6,11-12,14-15H2,1-2H3,(H,34,38)/t19-/m0/s1. The first-order valence-electron chi connectivity index (χ1n) is 13.1. The lowest BCUT2D eigenvalue weighted by Gasteiger charge is -2.42. The molecule has 3 aromatic rings. The third kappa shape index (κ3) is 5.76. The van der Waals surface area contributed by atoms with Crippen molar-refractivity contribution in [1.82, 2.24) is 25.4 Å². The summed E-state index contributed by atoms with van der Waals surface area (Å²) < 4.78 is 50.0. The number of aromatic nitrogens is 3. The Bertz CT molecular complexity index is 1290. The highest BCUT2D eigenvalue weighted by molar-refractivity contribution is 6.05. The Kier molecular flexibility index (Phi) is 7.85. The van der Waals surface area contributed by atoms with E-state index in [1.807, 2.05) is 14.1 Å². The lowest BCUT2D eigenvalue weighted by molar-refractivity contribution is -0.137. The molecule has 2 aromatic heterocycles. The van der Waals surface area contributed by atoms with Gasteiger partial charge in [0.15, 0.2) is 5.69 Å². The molecule has 1 saturated carbocycles. The lowest BCUT2D eigenvalue weighted by atomic mass is 9.90. The van der Waals surface area contributed by atoms with Crippen LogP contribution in [-0.2, 0) is 6.18 Å². The fourth-order valence-electron chi connectivity index (χ4n) is 5.63. The van der Waals surface area contributed by atoms with Crippen molar-refractivity contribution in [3.05, 3.63) is 53.7 Å². The monoisotopic (exact) mass is 543 g/mol. The number of hydrogen-bond acceptors (Lipinski definition) is 8. The van der Waals surface area contributed by atoms with Gasteiger partial charge in [-0.25, -0.2) is 4.98 Å². The van der Waals surface area contributed by atoms with Gasteiger partial charge in [-0.05, 0) is 50.6 Å². The maximum absolute atomic E-state index is 14.9. The highest BCUT2D eigenvalue weighted by atomic mass is 19.4. The van der Waals surface area contributed by atoms with E-state index < -0.39 is 17.6 Å². The molecule has 0 radical (unpaired) electrons. The van der Waals surface area contributed by atoms with E-state index in [-0.39, 0.29) is 34.9 Å². The summed E-state index contributed by atoms with van der Waals surface area (Å²) in [6.45, 7) is 2.02. The zero-order valence-corrected chi connectivity index (χ0v) is 22.0. The smallest absolute Gasteiger partial charge is 0.418 e. The Morgan fingerprint density at radius 1 is 1.15 bits per heavy atom. The van der Waals surface area contributed by atoms with Crippen LogP contribution in [0.1, 0.15) is 53.2 Å². The number of amides is 1. The van der Waals surface area contributed by atoms with Gasteiger partial charge in [-0.2, -0.15) is 23.4 Å². The Hall–Kier alpha value is -3.51. The van der Waals surface area contributed by atoms with Crippen LogP contribution in [0.5, 0.6) is 0 Å². The molecule has 2 N–H and O–H groups in total. The molecule has 9 nitrogen and oxygen atoms in total. The second-order valence-electron chi connectivity index (χ2n) is 10.2. The number of hydrogen-bond donors (Lipinski definition) is 2. The number of oxazole rings is 1. The molecule has 0 bridgehead atoms. The molecule has 0 unspecified atom stereocenters. The minimum Gasteiger partial charge on any atom is -0.444 e. The van der Waals surface area contributed by atoms with Gasteiger partial charge in [-0.3, -0.25) is 9.69 Å². The fraction of sp³-hybridized carbons (Fsp3) is 0.481. The number of anilines is 2. The molecule has 1 saturated heterocycles. The van der Waals surface area contributed by atoms with Crippen molar-refractivity contribution in [2.45, 2.75) is 43.8 Å². The van der Waals surface area contributed by atoms with Gasteiger partial charge in [0.05, 0.1) is 34.9 Å². The van der Waals surface area contributed by atoms with Crippen molar-refractivity contribution in [3.8, 4) is 11.5 Å². The normalized spacial score (nSPS) is 19.0. The Morgan fingerprint density at radius 2 is 1.95 bits per heavy atom. The van der Waals surface area contributed by atoms with Crippen LogP contribution in [0.3, 0.4) is 0 Å². The molecule has 39 heavy (non-hydrogen) atoms. The maximum Gasteiger partial charge on any atom is 0.418 e. The number of likely N-dealkylation sites (N-methyl/N-ethyl adjacent to an activating group) is 2. The summed E-state index contributed by atoms with van der Waals surface area (Å²) in [4.78, 5) is 21.4. The van der Waals surface area contributed by atoms with Gasteiger partial charge in [0, 0.05) is 32.2 Å². The summed E-state index contributed by atoms with van der Waals surface area (Å²) in [5.74, 6) is -0.648. The predicted octanol–water partition coefficient (Wildman–Crippen LogP) is 4.40. The average molecular weight is 544 g/mol. The molecule has 208 valence electrons. The SMILES string of the molecule is CNC[C@H]1CN(c2c(NC(=O)c3coc(-c4ccnnc4)n3)ccc(C3CCCC3)c2C(F)(F)F)CCN1C. The number of halogens is 3. The number of nitrogens with zero attached hydrogens (tertiary/aromatic N) is 5. The van der Waals surface area contributed by atoms with E-state index in [0.29, 0.717) is 37.3 Å². The molecule has 0 spiro atoms. The molecular weight excluding hydrogens is 511 g/mol. The van der Waals surface area contributed by atoms with Crippen LogP contribution in [0.2, 0.25) is 0 Å². The number of benzene rings is 1. The maximum atomic E-state index is 14.9. The minimum absolute atomic E-state index is 0.00981. The van der Waals surface area contributed by atoms with Gasteiger partial charge >= 0.3 is 6.18 Å². The van der Waals surface area contributed by atoms with E-state index in [1.165, 1.54) is 24.7 Å². The highest BCUT2D eigenvalue weighted by Crippen LogP contribution is 2.48. The summed E-state index contributed by atoms with van der Waals surface area (Å²) in [5.41, 5.74) is 0.272. The van der Waals surface area contributed by atoms with Gasteiger partial charge in [0.1, 0.15) is 6.26 Å². The third-order valence-electron chi connectivity index (χ3n) is 7.64. The number of carbonyl (C=O) groups excluding carboxylic acids is 1. The minimum atomic E-state index is -4.59. The van der Waals surface area contributed by atoms with Crippen molar-refractivity contribution in [2.75, 3.05) is 50.5 Å². The first-order chi connectivity index (χ1) is 18.8. The summed E-state index contributed by atoms with van der Waals surface area (Å²) in [6.07, 6.45) is 2.78. The van der Waals surface area contributed by atoms with Crippen molar-refractivity contribution in [1.29, 1.82) is 0 Å². The Labute approximate surface area is 224 Å². The quantitative estimate of drug-likeness (QED) is 0.453. The van der Waals surface area contributed by atoms with E-state index in [1.54, 1.807) is 17.0 Å². The second kappa shape index (κ2) is 11.3. The number of nitrogens with one attached hydrogen (secondary N) is 2. The van der Waals surface area contributed by atoms with E-state index >= 15 is 0 Å². The van der Waals surface area contributed by atoms with E-state index in [2.05, 4.69) is 30.7 Å². The summed E-state index contributed by atoms with van der Waals surface area (Å²) in [7, 11) is 3.80. The van der Waals surface area contributed by atoms with Crippen molar-refractivity contribution < 1.29 is 22.4 Å². The molecule has 12 heteroatoms. The van der Waals surface area contributed by atoms with Gasteiger partial charge in [0.2, 0.25) is 5.89 Å². The number of piperazine rings is 1.